The van der Waals surface area contributed by atoms with Crippen LogP contribution in [-0.4, -0.2) is 44.0 Å². The van der Waals surface area contributed by atoms with E-state index in [4.69, 9.17) is 0 Å². The zero-order valence-electron chi connectivity index (χ0n) is 12.7. The van der Waals surface area contributed by atoms with Crippen LogP contribution in [0.2, 0.25) is 0 Å². The molecule has 0 heterocycles. The molecule has 108 valence electrons. The molecule has 4 heteroatoms. The van der Waals surface area contributed by atoms with Crippen molar-refractivity contribution in [2.24, 2.45) is 16.3 Å². The summed E-state index contributed by atoms with van der Waals surface area (Å²) in [6.45, 7) is 12.1. The molecule has 0 spiro atoms. The Labute approximate surface area is 116 Å². The van der Waals surface area contributed by atoms with Crippen LogP contribution >= 0.6 is 0 Å². The van der Waals surface area contributed by atoms with Gasteiger partial charge in [-0.05, 0) is 19.3 Å². The minimum atomic E-state index is -0.584. The predicted molar refractivity (Wildman–Crippen MR) is 76.8 cm³/mol. The van der Waals surface area contributed by atoms with Crippen molar-refractivity contribution in [3.8, 4) is 0 Å². The second-order valence-electron chi connectivity index (χ2n) is 6.19. The molecular formula is C15H27N2O2+. The lowest BCUT2D eigenvalue weighted by Crippen LogP contribution is -3.11. The van der Waals surface area contributed by atoms with Gasteiger partial charge in [0, 0.05) is 19.1 Å². The van der Waals surface area contributed by atoms with Crippen molar-refractivity contribution in [1.29, 1.82) is 0 Å². The molecular weight excluding hydrogens is 240 g/mol. The molecule has 0 aromatic carbocycles. The number of hydrogen-bond acceptors (Lipinski definition) is 3. The van der Waals surface area contributed by atoms with Crippen LogP contribution in [0.5, 0.6) is 0 Å². The Bertz CT molecular complexity index is 337. The van der Waals surface area contributed by atoms with E-state index in [1.807, 2.05) is 13.8 Å². The number of nitrogens with zero attached hydrogens (tertiary/aromatic N) is 1. The molecule has 0 amide bonds. The molecule has 0 bridgehead atoms. The Kier molecular flexibility index (Phi) is 5.85. The van der Waals surface area contributed by atoms with Crippen molar-refractivity contribution >= 4 is 17.8 Å². The Balaban J connectivity index is 2.48. The van der Waals surface area contributed by atoms with Crippen molar-refractivity contribution in [2.75, 3.05) is 26.2 Å². The minimum Gasteiger partial charge on any atom is -0.334 e. The smallest absolute Gasteiger partial charge is 0.149 e. The SMILES string of the molecule is CC[NH+](CC)CCN=CC1C(=O)CC(C)(C)CC1=O. The summed E-state index contributed by atoms with van der Waals surface area (Å²) in [5.74, 6) is -0.528. The zero-order valence-corrected chi connectivity index (χ0v) is 12.7. The van der Waals surface area contributed by atoms with Gasteiger partial charge in [0.15, 0.2) is 0 Å². The normalized spacial score (nSPS) is 20.7. The maximum absolute atomic E-state index is 11.9. The number of carbonyl (C=O) groups is 2. The second kappa shape index (κ2) is 6.94. The van der Waals surface area contributed by atoms with Crippen LogP contribution < -0.4 is 4.90 Å². The number of aliphatic imine (C=N–C) groups is 1. The van der Waals surface area contributed by atoms with Gasteiger partial charge in [-0.1, -0.05) is 13.8 Å². The van der Waals surface area contributed by atoms with Crippen LogP contribution in [0.3, 0.4) is 0 Å². The van der Waals surface area contributed by atoms with Crippen molar-refractivity contribution in [3.63, 3.8) is 0 Å². The molecule has 0 radical (unpaired) electrons. The van der Waals surface area contributed by atoms with E-state index in [0.29, 0.717) is 19.4 Å². The predicted octanol–water partition coefficient (Wildman–Crippen LogP) is 0.556. The van der Waals surface area contributed by atoms with E-state index >= 15 is 0 Å². The van der Waals surface area contributed by atoms with Gasteiger partial charge in [-0.15, -0.1) is 0 Å². The third-order valence-electron chi connectivity index (χ3n) is 3.85. The number of carbonyl (C=O) groups excluding carboxylic acids is 2. The third-order valence-corrected chi connectivity index (χ3v) is 3.85. The highest BCUT2D eigenvalue weighted by Crippen LogP contribution is 2.33. The van der Waals surface area contributed by atoms with Gasteiger partial charge in [0.05, 0.1) is 26.2 Å². The molecule has 0 aromatic rings. The molecule has 19 heavy (non-hydrogen) atoms. The van der Waals surface area contributed by atoms with E-state index in [1.54, 1.807) is 6.21 Å². The number of nitrogens with one attached hydrogen (secondary N) is 1. The quantitative estimate of drug-likeness (QED) is 0.564. The molecule has 0 unspecified atom stereocenters. The second-order valence-corrected chi connectivity index (χ2v) is 6.19. The summed E-state index contributed by atoms with van der Waals surface area (Å²) >= 11 is 0. The van der Waals surface area contributed by atoms with E-state index in [9.17, 15) is 9.59 Å². The lowest BCUT2D eigenvalue weighted by molar-refractivity contribution is -0.894. The van der Waals surface area contributed by atoms with Crippen molar-refractivity contribution in [1.82, 2.24) is 0 Å². The van der Waals surface area contributed by atoms with Gasteiger partial charge in [0.1, 0.15) is 17.5 Å². The van der Waals surface area contributed by atoms with Crippen LogP contribution in [-0.2, 0) is 9.59 Å². The molecule has 1 aliphatic carbocycles. The van der Waals surface area contributed by atoms with Gasteiger partial charge in [-0.25, -0.2) is 0 Å². The van der Waals surface area contributed by atoms with E-state index in [2.05, 4.69) is 18.8 Å². The van der Waals surface area contributed by atoms with Crippen molar-refractivity contribution in [3.05, 3.63) is 0 Å². The highest BCUT2D eigenvalue weighted by atomic mass is 16.2. The zero-order chi connectivity index (χ0) is 14.5. The largest absolute Gasteiger partial charge is 0.334 e. The Hall–Kier alpha value is -1.03. The van der Waals surface area contributed by atoms with Gasteiger partial charge < -0.3 is 4.90 Å². The first-order chi connectivity index (χ1) is 8.89. The Morgan fingerprint density at radius 1 is 1.21 bits per heavy atom. The lowest BCUT2D eigenvalue weighted by Gasteiger charge is -2.30. The van der Waals surface area contributed by atoms with E-state index in [0.717, 1.165) is 19.6 Å². The summed E-state index contributed by atoms with van der Waals surface area (Å²) in [7, 11) is 0. The number of hydrogen-bond donors (Lipinski definition) is 1. The van der Waals surface area contributed by atoms with Crippen LogP contribution in [0.1, 0.15) is 40.5 Å². The van der Waals surface area contributed by atoms with E-state index in [-0.39, 0.29) is 17.0 Å². The maximum atomic E-state index is 11.9. The fraction of sp³-hybridized carbons (Fsp3) is 0.800. The topological polar surface area (TPSA) is 50.9 Å². The standard InChI is InChI=1S/C15H26N2O2/c1-5-17(6-2)8-7-16-11-12-13(18)9-15(3,4)10-14(12)19/h11-12H,5-10H2,1-4H3/p+1. The summed E-state index contributed by atoms with van der Waals surface area (Å²) in [5, 5.41) is 0. The molecule has 0 saturated heterocycles. The average Bonchev–Trinajstić information content (AvgIpc) is 2.30. The maximum Gasteiger partial charge on any atom is 0.149 e. The average molecular weight is 267 g/mol. The fourth-order valence-corrected chi connectivity index (χ4v) is 2.58. The van der Waals surface area contributed by atoms with Crippen LogP contribution in [0.15, 0.2) is 4.99 Å². The van der Waals surface area contributed by atoms with Gasteiger partial charge in [-0.3, -0.25) is 14.6 Å². The molecule has 1 N–H and O–H groups in total. The summed E-state index contributed by atoms with van der Waals surface area (Å²) in [5.41, 5.74) is -0.177. The van der Waals surface area contributed by atoms with Crippen LogP contribution in [0.4, 0.5) is 0 Å². The lowest BCUT2D eigenvalue weighted by atomic mass is 9.72. The van der Waals surface area contributed by atoms with Crippen LogP contribution in [0.25, 0.3) is 0 Å². The van der Waals surface area contributed by atoms with Crippen LogP contribution in [0, 0.1) is 11.3 Å². The van der Waals surface area contributed by atoms with Gasteiger partial charge in [0.2, 0.25) is 0 Å². The Morgan fingerprint density at radius 2 is 1.74 bits per heavy atom. The molecule has 1 saturated carbocycles. The highest BCUT2D eigenvalue weighted by molar-refractivity contribution is 6.16. The van der Waals surface area contributed by atoms with Crippen molar-refractivity contribution in [2.45, 2.75) is 40.5 Å². The number of rotatable bonds is 6. The highest BCUT2D eigenvalue weighted by Gasteiger charge is 2.38. The first-order valence-corrected chi connectivity index (χ1v) is 7.28. The summed E-state index contributed by atoms with van der Waals surface area (Å²) in [6.07, 6.45) is 2.55. The summed E-state index contributed by atoms with van der Waals surface area (Å²) in [6, 6.07) is 0. The van der Waals surface area contributed by atoms with E-state index in [1.165, 1.54) is 4.90 Å². The monoisotopic (exact) mass is 267 g/mol. The minimum absolute atomic E-state index is 0.0280. The summed E-state index contributed by atoms with van der Waals surface area (Å²) < 4.78 is 0. The van der Waals surface area contributed by atoms with E-state index < -0.39 is 5.92 Å². The van der Waals surface area contributed by atoms with Gasteiger partial charge in [0.25, 0.3) is 0 Å². The van der Waals surface area contributed by atoms with Crippen molar-refractivity contribution < 1.29 is 14.5 Å². The first-order valence-electron chi connectivity index (χ1n) is 7.28. The molecule has 1 aliphatic rings. The molecule has 0 aliphatic heterocycles. The number of quaternary nitrogens is 1. The Morgan fingerprint density at radius 3 is 2.21 bits per heavy atom. The molecule has 1 rings (SSSR count). The molecule has 1 fully saturated rings. The first kappa shape index (κ1) is 16.0. The van der Waals surface area contributed by atoms with Gasteiger partial charge in [-0.2, -0.15) is 0 Å². The molecule has 4 nitrogen and oxygen atoms in total. The number of Topliss-reactive ketones (excluding diaryl/α,β-unsaturated/α-hetero) is 2. The molecule has 0 atom stereocenters. The number of likely N-dealkylation sites (N-methyl/N-ethyl adjacent to an activating group) is 1. The summed E-state index contributed by atoms with van der Waals surface area (Å²) in [4.78, 5) is 29.7. The molecule has 0 aromatic heterocycles. The fourth-order valence-electron chi connectivity index (χ4n) is 2.58. The number of ketones is 2. The van der Waals surface area contributed by atoms with Gasteiger partial charge >= 0.3 is 0 Å². The third kappa shape index (κ3) is 4.86.